The van der Waals surface area contributed by atoms with Crippen LogP contribution in [0.2, 0.25) is 36.3 Å². The van der Waals surface area contributed by atoms with Gasteiger partial charge in [0.15, 0.2) is 16.6 Å². The third kappa shape index (κ3) is 6.88. The number of nitrogens with zero attached hydrogens (tertiary/aromatic N) is 1. The maximum atomic E-state index is 14.0. The lowest BCUT2D eigenvalue weighted by Gasteiger charge is -2.42. The standard InChI is InChI=1S/C26H47NO6SSi2/c1-25(2,3)35(8,9)32-19-22-23(33-36(10,11)26(4,5)6)17-20(18-24(28)31-7)27(22)34(29,30)21-15-13-12-14-16-21/h12-16,20,22-23H,17-19H2,1-11H3/t20-,22-,23-/m0/s1. The van der Waals surface area contributed by atoms with Crippen LogP contribution in [0.3, 0.4) is 0 Å². The molecule has 0 unspecified atom stereocenters. The second-order valence-electron chi connectivity index (χ2n) is 12.9. The molecule has 1 aliphatic rings. The molecule has 0 spiro atoms. The van der Waals surface area contributed by atoms with E-state index in [9.17, 15) is 13.2 Å². The summed E-state index contributed by atoms with van der Waals surface area (Å²) in [6, 6.07) is 7.28. The first-order valence-electron chi connectivity index (χ1n) is 12.7. The molecule has 206 valence electrons. The number of carbonyl (C=O) groups excluding carboxylic acids is 1. The fourth-order valence-electron chi connectivity index (χ4n) is 3.87. The van der Waals surface area contributed by atoms with Gasteiger partial charge >= 0.3 is 5.97 Å². The van der Waals surface area contributed by atoms with E-state index >= 15 is 0 Å². The second kappa shape index (κ2) is 11.0. The predicted octanol–water partition coefficient (Wildman–Crippen LogP) is 5.79. The van der Waals surface area contributed by atoms with Gasteiger partial charge in [0.2, 0.25) is 10.0 Å². The number of hydrogen-bond acceptors (Lipinski definition) is 6. The Kier molecular flexibility index (Phi) is 9.51. The Balaban J connectivity index is 2.59. The Bertz CT molecular complexity index is 1000. The number of esters is 1. The van der Waals surface area contributed by atoms with Crippen LogP contribution in [0.4, 0.5) is 0 Å². The van der Waals surface area contributed by atoms with Gasteiger partial charge in [-0.05, 0) is 54.8 Å². The third-order valence-electron chi connectivity index (χ3n) is 8.24. The van der Waals surface area contributed by atoms with E-state index in [-0.39, 0.29) is 34.1 Å². The zero-order valence-corrected chi connectivity index (χ0v) is 26.9. The van der Waals surface area contributed by atoms with Crippen LogP contribution in [0.25, 0.3) is 0 Å². The van der Waals surface area contributed by atoms with Gasteiger partial charge in [0.25, 0.3) is 0 Å². The third-order valence-corrected chi connectivity index (χ3v) is 19.2. The molecule has 0 radical (unpaired) electrons. The van der Waals surface area contributed by atoms with Crippen molar-refractivity contribution in [2.24, 2.45) is 0 Å². The fraction of sp³-hybridized carbons (Fsp3) is 0.731. The zero-order chi connectivity index (χ0) is 27.7. The number of methoxy groups -OCH3 is 1. The Morgan fingerprint density at radius 1 is 0.972 bits per heavy atom. The average molecular weight is 558 g/mol. The first-order valence-corrected chi connectivity index (χ1v) is 20.0. The van der Waals surface area contributed by atoms with Gasteiger partial charge in [-0.1, -0.05) is 59.7 Å². The van der Waals surface area contributed by atoms with E-state index in [1.165, 1.54) is 11.4 Å². The maximum Gasteiger partial charge on any atom is 0.307 e. The highest BCUT2D eigenvalue weighted by atomic mass is 32.2. The number of ether oxygens (including phenoxy) is 1. The first-order chi connectivity index (χ1) is 16.2. The Labute approximate surface area is 221 Å². The molecule has 0 N–H and O–H groups in total. The largest absolute Gasteiger partial charge is 0.469 e. The van der Waals surface area contributed by atoms with Crippen molar-refractivity contribution in [2.75, 3.05) is 13.7 Å². The van der Waals surface area contributed by atoms with Crippen LogP contribution >= 0.6 is 0 Å². The van der Waals surface area contributed by atoms with Crippen molar-refractivity contribution >= 4 is 32.6 Å². The molecule has 2 rings (SSSR count). The molecule has 1 heterocycles. The fourth-order valence-corrected chi connectivity index (χ4v) is 8.11. The highest BCUT2D eigenvalue weighted by Crippen LogP contribution is 2.43. The zero-order valence-electron chi connectivity index (χ0n) is 24.0. The number of carbonyl (C=O) groups is 1. The summed E-state index contributed by atoms with van der Waals surface area (Å²) in [4.78, 5) is 12.6. The van der Waals surface area contributed by atoms with Crippen molar-refractivity contribution in [3.8, 4) is 0 Å². The Morgan fingerprint density at radius 2 is 1.50 bits per heavy atom. The predicted molar refractivity (Wildman–Crippen MR) is 150 cm³/mol. The molecule has 10 heteroatoms. The highest BCUT2D eigenvalue weighted by molar-refractivity contribution is 7.89. The topological polar surface area (TPSA) is 82.1 Å². The SMILES string of the molecule is COC(=O)C[C@@H]1C[C@H](O[Si](C)(C)C(C)(C)C)[C@H](CO[Si](C)(C)C(C)(C)C)N1S(=O)(=O)c1ccccc1. The molecule has 1 fully saturated rings. The summed E-state index contributed by atoms with van der Waals surface area (Å²) in [7, 11) is -7.03. The van der Waals surface area contributed by atoms with Crippen LogP contribution in [-0.4, -0.2) is 67.2 Å². The molecule has 0 aliphatic carbocycles. The summed E-state index contributed by atoms with van der Waals surface area (Å²) >= 11 is 0. The van der Waals surface area contributed by atoms with Crippen LogP contribution in [0.5, 0.6) is 0 Å². The van der Waals surface area contributed by atoms with E-state index in [1.807, 2.05) is 0 Å². The van der Waals surface area contributed by atoms with Crippen LogP contribution < -0.4 is 0 Å². The number of rotatable bonds is 9. The van der Waals surface area contributed by atoms with E-state index in [4.69, 9.17) is 13.6 Å². The highest BCUT2D eigenvalue weighted by Gasteiger charge is 2.53. The van der Waals surface area contributed by atoms with Crippen molar-refractivity contribution in [1.82, 2.24) is 4.31 Å². The molecule has 7 nitrogen and oxygen atoms in total. The van der Waals surface area contributed by atoms with Crippen molar-refractivity contribution in [2.45, 2.75) is 114 Å². The van der Waals surface area contributed by atoms with Crippen LogP contribution in [0, 0.1) is 0 Å². The first kappa shape index (κ1) is 31.2. The normalized spacial score (nSPS) is 22.6. The average Bonchev–Trinajstić information content (AvgIpc) is 3.07. The van der Waals surface area contributed by atoms with Gasteiger partial charge in [0.05, 0.1) is 37.2 Å². The summed E-state index contributed by atoms with van der Waals surface area (Å²) in [6.45, 7) is 21.9. The Morgan fingerprint density at radius 3 is 1.97 bits per heavy atom. The summed E-state index contributed by atoms with van der Waals surface area (Å²) < 4.78 is 48.0. The molecule has 36 heavy (non-hydrogen) atoms. The molecular formula is C26H47NO6SSi2. The van der Waals surface area contributed by atoms with Gasteiger partial charge in [0.1, 0.15) is 0 Å². The molecule has 0 amide bonds. The van der Waals surface area contributed by atoms with Crippen LogP contribution in [-0.2, 0) is 28.4 Å². The molecule has 1 saturated heterocycles. The quantitative estimate of drug-likeness (QED) is 0.282. The Hall–Kier alpha value is -1.05. The van der Waals surface area contributed by atoms with Gasteiger partial charge in [0, 0.05) is 6.04 Å². The van der Waals surface area contributed by atoms with Gasteiger partial charge in [-0.2, -0.15) is 4.31 Å². The second-order valence-corrected chi connectivity index (χ2v) is 24.3. The number of sulfonamides is 1. The minimum Gasteiger partial charge on any atom is -0.469 e. The minimum absolute atomic E-state index is 0.0312. The molecule has 1 aliphatic heterocycles. The molecule has 3 atom stereocenters. The smallest absolute Gasteiger partial charge is 0.307 e. The monoisotopic (exact) mass is 557 g/mol. The number of hydrogen-bond donors (Lipinski definition) is 0. The van der Waals surface area contributed by atoms with Gasteiger partial charge in [-0.15, -0.1) is 0 Å². The molecular weight excluding hydrogens is 511 g/mol. The lowest BCUT2D eigenvalue weighted by atomic mass is 10.1. The van der Waals surface area contributed by atoms with Gasteiger partial charge < -0.3 is 13.6 Å². The van der Waals surface area contributed by atoms with Gasteiger partial charge in [-0.3, -0.25) is 4.79 Å². The molecule has 0 saturated carbocycles. The lowest BCUT2D eigenvalue weighted by Crippen LogP contribution is -2.53. The molecule has 1 aromatic rings. The summed E-state index contributed by atoms with van der Waals surface area (Å²) in [6.07, 6.45) is -0.000724. The van der Waals surface area contributed by atoms with Crippen LogP contribution in [0.1, 0.15) is 54.4 Å². The van der Waals surface area contributed by atoms with E-state index in [0.717, 1.165) is 0 Å². The van der Waals surface area contributed by atoms with E-state index in [0.29, 0.717) is 6.42 Å². The van der Waals surface area contributed by atoms with Gasteiger partial charge in [-0.25, -0.2) is 8.42 Å². The maximum absolute atomic E-state index is 14.0. The van der Waals surface area contributed by atoms with E-state index < -0.39 is 44.7 Å². The minimum atomic E-state index is -3.92. The van der Waals surface area contributed by atoms with Crippen molar-refractivity contribution in [1.29, 1.82) is 0 Å². The number of benzene rings is 1. The van der Waals surface area contributed by atoms with E-state index in [2.05, 4.69) is 67.7 Å². The van der Waals surface area contributed by atoms with Crippen molar-refractivity contribution in [3.63, 3.8) is 0 Å². The van der Waals surface area contributed by atoms with Crippen molar-refractivity contribution < 1.29 is 26.8 Å². The molecule has 0 bridgehead atoms. The van der Waals surface area contributed by atoms with E-state index in [1.54, 1.807) is 30.3 Å². The summed E-state index contributed by atoms with van der Waals surface area (Å²) in [5, 5.41) is -0.0860. The summed E-state index contributed by atoms with van der Waals surface area (Å²) in [5.74, 6) is -0.440. The molecule has 0 aromatic heterocycles. The van der Waals surface area contributed by atoms with Crippen LogP contribution in [0.15, 0.2) is 35.2 Å². The summed E-state index contributed by atoms with van der Waals surface area (Å²) in [5.41, 5.74) is 0. The molecule has 1 aromatic carbocycles. The lowest BCUT2D eigenvalue weighted by molar-refractivity contribution is -0.141. The van der Waals surface area contributed by atoms with Crippen molar-refractivity contribution in [3.05, 3.63) is 30.3 Å².